The molecule has 0 spiro atoms. The molecule has 1 fully saturated rings. The van der Waals surface area contributed by atoms with Gasteiger partial charge in [-0.15, -0.1) is 11.8 Å². The van der Waals surface area contributed by atoms with Gasteiger partial charge in [-0.3, -0.25) is 9.59 Å². The molecule has 141 valence electrons. The van der Waals surface area contributed by atoms with Crippen molar-refractivity contribution in [3.8, 4) is 0 Å². The van der Waals surface area contributed by atoms with Gasteiger partial charge in [0.05, 0.1) is 12.5 Å². The van der Waals surface area contributed by atoms with Gasteiger partial charge in [0, 0.05) is 32.7 Å². The average molecular weight is 432 g/mol. The van der Waals surface area contributed by atoms with Crippen molar-refractivity contribution in [3.63, 3.8) is 0 Å². The average Bonchev–Trinajstić information content (AvgIpc) is 2.94. The summed E-state index contributed by atoms with van der Waals surface area (Å²) in [5.41, 5.74) is 3.32. The number of ether oxygens (including phenoxy) is 1. The van der Waals surface area contributed by atoms with E-state index in [4.69, 9.17) is 4.74 Å². The van der Waals surface area contributed by atoms with Crippen LogP contribution in [0.1, 0.15) is 66.2 Å². The summed E-state index contributed by atoms with van der Waals surface area (Å²) < 4.78 is 5.28. The molecule has 0 bridgehead atoms. The molecular formula is C22H31O3Y-. The Balaban J connectivity index is 0.00000243. The molecule has 0 aromatic rings. The van der Waals surface area contributed by atoms with Crippen molar-refractivity contribution in [2.24, 2.45) is 22.7 Å². The third-order valence-corrected chi connectivity index (χ3v) is 7.36. The van der Waals surface area contributed by atoms with E-state index in [0.717, 1.165) is 50.4 Å². The van der Waals surface area contributed by atoms with Crippen molar-refractivity contribution < 1.29 is 47.0 Å². The molecule has 0 saturated heterocycles. The van der Waals surface area contributed by atoms with E-state index >= 15 is 0 Å². The number of aldehydes is 1. The summed E-state index contributed by atoms with van der Waals surface area (Å²) in [7, 11) is 1.52. The number of methoxy groups -OCH3 is 1. The summed E-state index contributed by atoms with van der Waals surface area (Å²) in [5, 5.41) is 0. The van der Waals surface area contributed by atoms with E-state index in [0.29, 0.717) is 11.8 Å². The van der Waals surface area contributed by atoms with Gasteiger partial charge < -0.3 is 10.7 Å². The van der Waals surface area contributed by atoms with E-state index in [1.165, 1.54) is 24.2 Å². The van der Waals surface area contributed by atoms with E-state index < -0.39 is 5.41 Å². The zero-order valence-corrected chi connectivity index (χ0v) is 19.7. The van der Waals surface area contributed by atoms with Gasteiger partial charge in [-0.2, -0.15) is 6.92 Å². The quantitative estimate of drug-likeness (QED) is 0.278. The molecule has 1 radical (unpaired) electrons. The predicted molar refractivity (Wildman–Crippen MR) is 98.7 cm³/mol. The predicted octanol–water partition coefficient (Wildman–Crippen LogP) is 4.82. The second-order valence-electron chi connectivity index (χ2n) is 8.73. The van der Waals surface area contributed by atoms with Gasteiger partial charge in [0.1, 0.15) is 6.29 Å². The number of fused-ring (bicyclic) bond motifs is 3. The van der Waals surface area contributed by atoms with Gasteiger partial charge in [0.2, 0.25) is 0 Å². The fraction of sp³-hybridized carbons (Fsp3) is 0.682. The molecule has 0 N–H and O–H groups in total. The molecule has 26 heavy (non-hydrogen) atoms. The third-order valence-electron chi connectivity index (χ3n) is 7.36. The molecule has 0 aromatic heterocycles. The molecule has 3 nitrogen and oxygen atoms in total. The molecule has 0 amide bonds. The minimum atomic E-state index is -0.432. The van der Waals surface area contributed by atoms with Gasteiger partial charge in [0.25, 0.3) is 0 Å². The smallest absolute Gasteiger partial charge is 0.315 e. The molecule has 3 aliphatic rings. The van der Waals surface area contributed by atoms with Gasteiger partial charge in [0.15, 0.2) is 0 Å². The Labute approximate surface area is 183 Å². The molecule has 3 atom stereocenters. The molecule has 1 saturated carbocycles. The number of carbonyl (C=O) groups is 2. The van der Waals surface area contributed by atoms with Crippen LogP contribution in [0.5, 0.6) is 0 Å². The Morgan fingerprint density at radius 3 is 2.62 bits per heavy atom. The van der Waals surface area contributed by atoms with Crippen LogP contribution in [0.3, 0.4) is 0 Å². The van der Waals surface area contributed by atoms with Crippen LogP contribution in [0.2, 0.25) is 0 Å². The minimum absolute atomic E-state index is 0. The van der Waals surface area contributed by atoms with Crippen LogP contribution in [0.25, 0.3) is 0 Å². The van der Waals surface area contributed by atoms with Crippen LogP contribution in [-0.2, 0) is 47.0 Å². The van der Waals surface area contributed by atoms with Crippen LogP contribution in [0, 0.1) is 28.6 Å². The van der Waals surface area contributed by atoms with Gasteiger partial charge in [-0.1, -0.05) is 44.4 Å². The second kappa shape index (κ2) is 7.99. The van der Waals surface area contributed by atoms with Crippen molar-refractivity contribution in [3.05, 3.63) is 28.7 Å². The zero-order valence-electron chi connectivity index (χ0n) is 16.9. The molecule has 4 heteroatoms. The maximum atomic E-state index is 12.9. The number of carbonyl (C=O) groups excluding carboxylic acids is 2. The Kier molecular flexibility index (Phi) is 6.77. The minimum Gasteiger partial charge on any atom is -0.468 e. The third kappa shape index (κ3) is 3.22. The SMILES string of the molecule is COC(=O)[C@@]12CCC(C(C)C)=C1[C@@H]1CC=C(C=O)C[C-](C)[C@@]1(C)CC2.[Y]. The van der Waals surface area contributed by atoms with Crippen molar-refractivity contribution >= 4 is 12.3 Å². The van der Waals surface area contributed by atoms with E-state index in [9.17, 15) is 9.59 Å². The Bertz CT molecular complexity index is 648. The molecular weight excluding hydrogens is 401 g/mol. The summed E-state index contributed by atoms with van der Waals surface area (Å²) in [6, 6.07) is 0. The van der Waals surface area contributed by atoms with Gasteiger partial charge in [-0.25, -0.2) is 0 Å². The number of hydrogen-bond acceptors (Lipinski definition) is 3. The monoisotopic (exact) mass is 432 g/mol. The molecule has 0 unspecified atom stereocenters. The van der Waals surface area contributed by atoms with Gasteiger partial charge >= 0.3 is 5.97 Å². The Morgan fingerprint density at radius 1 is 1.35 bits per heavy atom. The van der Waals surface area contributed by atoms with E-state index in [2.05, 4.69) is 33.8 Å². The second-order valence-corrected chi connectivity index (χ2v) is 8.73. The normalized spacial score (nSPS) is 34.4. The molecule has 0 heterocycles. The van der Waals surface area contributed by atoms with Gasteiger partial charge in [-0.05, 0) is 43.1 Å². The molecule has 3 rings (SSSR count). The number of allylic oxidation sites excluding steroid dienone is 3. The number of hydrogen-bond donors (Lipinski definition) is 0. The van der Waals surface area contributed by atoms with Crippen molar-refractivity contribution in [1.82, 2.24) is 0 Å². The van der Waals surface area contributed by atoms with Crippen LogP contribution < -0.4 is 0 Å². The van der Waals surface area contributed by atoms with E-state index in [1.807, 2.05) is 0 Å². The molecule has 0 aliphatic heterocycles. The molecule has 3 aliphatic carbocycles. The Morgan fingerprint density at radius 2 is 2.04 bits per heavy atom. The maximum Gasteiger partial charge on any atom is 0.315 e. The summed E-state index contributed by atoms with van der Waals surface area (Å²) in [6.45, 7) is 9.02. The number of rotatable bonds is 3. The first-order valence-electron chi connectivity index (χ1n) is 9.59. The van der Waals surface area contributed by atoms with Crippen LogP contribution >= 0.6 is 0 Å². The first-order valence-corrected chi connectivity index (χ1v) is 9.59. The largest absolute Gasteiger partial charge is 0.468 e. The summed E-state index contributed by atoms with van der Waals surface area (Å²) in [5.74, 6) is 2.08. The van der Waals surface area contributed by atoms with Crippen molar-refractivity contribution in [2.45, 2.75) is 66.2 Å². The van der Waals surface area contributed by atoms with E-state index in [-0.39, 0.29) is 44.1 Å². The van der Waals surface area contributed by atoms with E-state index in [1.54, 1.807) is 0 Å². The van der Waals surface area contributed by atoms with Crippen LogP contribution in [-0.4, -0.2) is 19.4 Å². The summed E-state index contributed by atoms with van der Waals surface area (Å²) >= 11 is 0. The number of esters is 1. The maximum absolute atomic E-state index is 12.9. The van der Waals surface area contributed by atoms with Crippen LogP contribution in [0.15, 0.2) is 22.8 Å². The first-order chi connectivity index (χ1) is 11.8. The fourth-order valence-corrected chi connectivity index (χ4v) is 5.64. The zero-order chi connectivity index (χ0) is 18.4. The van der Waals surface area contributed by atoms with Crippen LogP contribution in [0.4, 0.5) is 0 Å². The topological polar surface area (TPSA) is 43.4 Å². The fourth-order valence-electron chi connectivity index (χ4n) is 5.64. The molecule has 0 aromatic carbocycles. The first kappa shape index (κ1) is 22.0. The Hall–Kier alpha value is -0.276. The standard InChI is InChI=1S/C22H31O3.Y/c1-14(2)17-8-9-22(20(24)25-5)11-10-21(4)15(3)12-16(13-23)6-7-18(21)19(17)22;/h6,13-14,18H,7-12H2,1-5H3;/q-1;/t18-,21+,22+;/m0./s1. The summed E-state index contributed by atoms with van der Waals surface area (Å²) in [4.78, 5) is 24.3. The summed E-state index contributed by atoms with van der Waals surface area (Å²) in [6.07, 6.45) is 8.49. The van der Waals surface area contributed by atoms with Crippen molar-refractivity contribution in [1.29, 1.82) is 0 Å². The van der Waals surface area contributed by atoms with Crippen molar-refractivity contribution in [2.75, 3.05) is 7.11 Å².